The summed E-state index contributed by atoms with van der Waals surface area (Å²) in [5, 5.41) is 3.58. The molecule has 2 nitrogen and oxygen atoms in total. The third-order valence-corrected chi connectivity index (χ3v) is 2.39. The van der Waals surface area contributed by atoms with Crippen molar-refractivity contribution in [3.8, 4) is 0 Å². The van der Waals surface area contributed by atoms with Gasteiger partial charge in [-0.05, 0) is 44.8 Å². The van der Waals surface area contributed by atoms with Crippen molar-refractivity contribution in [3.05, 3.63) is 0 Å². The van der Waals surface area contributed by atoms with Crippen LogP contribution in [0.5, 0.6) is 0 Å². The van der Waals surface area contributed by atoms with Crippen LogP contribution in [-0.2, 0) is 4.74 Å². The normalized spacial score (nSPS) is 18.8. The summed E-state index contributed by atoms with van der Waals surface area (Å²) in [6, 6.07) is 0. The Labute approximate surface area is 79.7 Å². The number of rotatable bonds is 2. The van der Waals surface area contributed by atoms with E-state index in [0.717, 1.165) is 6.54 Å². The van der Waals surface area contributed by atoms with Crippen LogP contribution in [0.15, 0.2) is 0 Å². The Balaban J connectivity index is 2.15. The maximum atomic E-state index is 5.55. The van der Waals surface area contributed by atoms with Gasteiger partial charge in [0, 0.05) is 6.54 Å². The summed E-state index contributed by atoms with van der Waals surface area (Å²) in [5.74, 6) is 0. The van der Waals surface area contributed by atoms with E-state index in [9.17, 15) is 0 Å². The van der Waals surface area contributed by atoms with Crippen LogP contribution < -0.4 is 5.32 Å². The van der Waals surface area contributed by atoms with Gasteiger partial charge in [0.15, 0.2) is 0 Å². The van der Waals surface area contributed by atoms with Gasteiger partial charge in [-0.2, -0.15) is 0 Å². The predicted molar refractivity (Wildman–Crippen MR) is 54.2 cm³/mol. The Morgan fingerprint density at radius 3 is 2.67 bits per heavy atom. The molecule has 0 aromatic rings. The van der Waals surface area contributed by atoms with E-state index in [1.54, 1.807) is 0 Å². The molecule has 0 radical (unpaired) electrons. The van der Waals surface area contributed by atoms with E-state index in [1.807, 2.05) is 6.92 Å². The Hall–Kier alpha value is -0.310. The Bertz CT molecular complexity index is 143. The highest BCUT2D eigenvalue weighted by Crippen LogP contribution is 2.20. The standard InChI is InChI=1S/C9H17NOS/c1-2-10-9(12)11-8-6-4-3-5-7-8/h8H,2-7H2,1H3,(H,10,12). The van der Waals surface area contributed by atoms with Gasteiger partial charge in [-0.1, -0.05) is 6.42 Å². The van der Waals surface area contributed by atoms with E-state index in [1.165, 1.54) is 32.1 Å². The van der Waals surface area contributed by atoms with E-state index in [4.69, 9.17) is 17.0 Å². The van der Waals surface area contributed by atoms with Crippen molar-refractivity contribution >= 4 is 17.4 Å². The second-order valence-corrected chi connectivity index (χ2v) is 3.57. The van der Waals surface area contributed by atoms with Gasteiger partial charge in [-0.15, -0.1) is 0 Å². The van der Waals surface area contributed by atoms with Crippen molar-refractivity contribution in [2.45, 2.75) is 45.1 Å². The SMILES string of the molecule is CCNC(=S)OC1CCCCC1. The minimum Gasteiger partial charge on any atom is -0.468 e. The maximum Gasteiger partial charge on any atom is 0.256 e. The summed E-state index contributed by atoms with van der Waals surface area (Å²) < 4.78 is 5.55. The molecule has 3 heteroatoms. The van der Waals surface area contributed by atoms with Crippen molar-refractivity contribution in [2.24, 2.45) is 0 Å². The van der Waals surface area contributed by atoms with E-state index >= 15 is 0 Å². The van der Waals surface area contributed by atoms with Crippen molar-refractivity contribution in [1.29, 1.82) is 0 Å². The number of thiocarbonyl (C=S) groups is 1. The second kappa shape index (κ2) is 5.36. The zero-order valence-electron chi connectivity index (χ0n) is 7.64. The van der Waals surface area contributed by atoms with Gasteiger partial charge in [0.2, 0.25) is 0 Å². The molecule has 0 amide bonds. The lowest BCUT2D eigenvalue weighted by molar-refractivity contribution is 0.141. The van der Waals surface area contributed by atoms with Gasteiger partial charge in [-0.3, -0.25) is 0 Å². The molecule has 0 aromatic heterocycles. The van der Waals surface area contributed by atoms with Gasteiger partial charge >= 0.3 is 0 Å². The summed E-state index contributed by atoms with van der Waals surface area (Å²) in [4.78, 5) is 0. The van der Waals surface area contributed by atoms with Crippen LogP contribution in [0.4, 0.5) is 0 Å². The third-order valence-electron chi connectivity index (χ3n) is 2.15. The fourth-order valence-electron chi connectivity index (χ4n) is 1.52. The molecule has 1 aliphatic carbocycles. The van der Waals surface area contributed by atoms with Crippen molar-refractivity contribution in [2.75, 3.05) is 6.54 Å². The first-order valence-electron chi connectivity index (χ1n) is 4.77. The summed E-state index contributed by atoms with van der Waals surface area (Å²) in [6.07, 6.45) is 6.66. The van der Waals surface area contributed by atoms with Gasteiger partial charge in [0.05, 0.1) is 0 Å². The minimum absolute atomic E-state index is 0.380. The largest absolute Gasteiger partial charge is 0.468 e. The van der Waals surface area contributed by atoms with Crippen LogP contribution in [-0.4, -0.2) is 17.8 Å². The Morgan fingerprint density at radius 1 is 1.42 bits per heavy atom. The molecule has 12 heavy (non-hydrogen) atoms. The molecule has 1 fully saturated rings. The van der Waals surface area contributed by atoms with Crippen LogP contribution in [0.1, 0.15) is 39.0 Å². The molecule has 0 bridgehead atoms. The van der Waals surface area contributed by atoms with Crippen molar-refractivity contribution < 1.29 is 4.74 Å². The predicted octanol–water partition coefficient (Wildman–Crippen LogP) is 2.23. The number of hydrogen-bond donors (Lipinski definition) is 1. The van der Waals surface area contributed by atoms with Crippen LogP contribution in [0.3, 0.4) is 0 Å². The van der Waals surface area contributed by atoms with E-state index in [0.29, 0.717) is 11.3 Å². The molecule has 0 aromatic carbocycles. The summed E-state index contributed by atoms with van der Waals surface area (Å²) >= 11 is 5.00. The number of nitrogens with one attached hydrogen (secondary N) is 1. The fourth-order valence-corrected chi connectivity index (χ4v) is 1.80. The first kappa shape index (κ1) is 9.78. The number of ether oxygens (including phenoxy) is 1. The number of hydrogen-bond acceptors (Lipinski definition) is 2. The zero-order valence-corrected chi connectivity index (χ0v) is 8.45. The van der Waals surface area contributed by atoms with Gasteiger partial charge in [-0.25, -0.2) is 0 Å². The van der Waals surface area contributed by atoms with Gasteiger partial charge in [0.25, 0.3) is 5.17 Å². The van der Waals surface area contributed by atoms with E-state index in [2.05, 4.69) is 5.32 Å². The summed E-state index contributed by atoms with van der Waals surface area (Å²) in [5.41, 5.74) is 0. The Kier molecular flexibility index (Phi) is 4.36. The summed E-state index contributed by atoms with van der Waals surface area (Å²) in [6.45, 7) is 2.88. The van der Waals surface area contributed by atoms with Gasteiger partial charge in [0.1, 0.15) is 6.10 Å². The average molecular weight is 187 g/mol. The fraction of sp³-hybridized carbons (Fsp3) is 0.889. The molecule has 0 heterocycles. The smallest absolute Gasteiger partial charge is 0.256 e. The molecule has 0 aliphatic heterocycles. The van der Waals surface area contributed by atoms with E-state index < -0.39 is 0 Å². The molecule has 1 N–H and O–H groups in total. The quantitative estimate of drug-likeness (QED) is 0.670. The molecule has 0 saturated heterocycles. The minimum atomic E-state index is 0.380. The first-order valence-corrected chi connectivity index (χ1v) is 5.18. The van der Waals surface area contributed by atoms with Crippen LogP contribution in [0.25, 0.3) is 0 Å². The first-order chi connectivity index (χ1) is 5.83. The molecule has 0 spiro atoms. The van der Waals surface area contributed by atoms with E-state index in [-0.39, 0.29) is 0 Å². The Morgan fingerprint density at radius 2 is 2.08 bits per heavy atom. The lowest BCUT2D eigenvalue weighted by Gasteiger charge is -2.23. The van der Waals surface area contributed by atoms with Crippen LogP contribution in [0.2, 0.25) is 0 Å². The summed E-state index contributed by atoms with van der Waals surface area (Å²) in [7, 11) is 0. The molecule has 0 atom stereocenters. The highest BCUT2D eigenvalue weighted by atomic mass is 32.1. The molecular weight excluding hydrogens is 170 g/mol. The van der Waals surface area contributed by atoms with Crippen molar-refractivity contribution in [1.82, 2.24) is 5.32 Å². The lowest BCUT2D eigenvalue weighted by atomic mass is 9.98. The average Bonchev–Trinajstić information content (AvgIpc) is 2.06. The zero-order chi connectivity index (χ0) is 8.81. The topological polar surface area (TPSA) is 21.3 Å². The molecule has 0 unspecified atom stereocenters. The highest BCUT2D eigenvalue weighted by Gasteiger charge is 2.15. The molecular formula is C9H17NOS. The molecule has 70 valence electrons. The third kappa shape index (κ3) is 3.39. The van der Waals surface area contributed by atoms with Gasteiger partial charge < -0.3 is 10.1 Å². The molecule has 1 saturated carbocycles. The van der Waals surface area contributed by atoms with Crippen LogP contribution >= 0.6 is 12.2 Å². The monoisotopic (exact) mass is 187 g/mol. The molecule has 1 rings (SSSR count). The maximum absolute atomic E-state index is 5.55. The lowest BCUT2D eigenvalue weighted by Crippen LogP contribution is -2.29. The van der Waals surface area contributed by atoms with Crippen molar-refractivity contribution in [3.63, 3.8) is 0 Å². The second-order valence-electron chi connectivity index (χ2n) is 3.20. The van der Waals surface area contributed by atoms with Crippen LogP contribution in [0, 0.1) is 0 Å². The highest BCUT2D eigenvalue weighted by molar-refractivity contribution is 7.80. The molecule has 1 aliphatic rings.